The van der Waals surface area contributed by atoms with Crippen LogP contribution in [0.4, 0.5) is 5.69 Å². The van der Waals surface area contributed by atoms with E-state index >= 15 is 0 Å². The van der Waals surface area contributed by atoms with Crippen molar-refractivity contribution in [2.45, 2.75) is 38.3 Å². The van der Waals surface area contributed by atoms with Crippen molar-refractivity contribution in [3.63, 3.8) is 0 Å². The maximum Gasteiger partial charge on any atom is 0.255 e. The average molecular weight is 456 g/mol. The van der Waals surface area contributed by atoms with Gasteiger partial charge in [-0.05, 0) is 41.9 Å². The van der Waals surface area contributed by atoms with E-state index in [2.05, 4.69) is 14.6 Å². The van der Waals surface area contributed by atoms with Gasteiger partial charge in [-0.15, -0.1) is 9.24 Å². The number of hydrazine groups is 1. The number of amides is 2. The Morgan fingerprint density at radius 1 is 1.12 bits per heavy atom. The van der Waals surface area contributed by atoms with Crippen LogP contribution in [-0.2, 0) is 22.7 Å². The summed E-state index contributed by atoms with van der Waals surface area (Å²) >= 11 is 0. The number of hydrogen-bond donors (Lipinski definition) is 4. The zero-order valence-corrected chi connectivity index (χ0v) is 19.0. The van der Waals surface area contributed by atoms with Gasteiger partial charge >= 0.3 is 0 Å². The van der Waals surface area contributed by atoms with E-state index in [9.17, 15) is 19.8 Å². The first-order chi connectivity index (χ1) is 15.3. The fraction of sp³-hybridized carbons (Fsp3) is 0.304. The summed E-state index contributed by atoms with van der Waals surface area (Å²) in [4.78, 5) is 26.5. The van der Waals surface area contributed by atoms with E-state index < -0.39 is 30.1 Å². The number of allylic oxidation sites excluding steroid dienone is 1. The molecule has 1 heterocycles. The first-order valence-corrected chi connectivity index (χ1v) is 11.2. The minimum absolute atomic E-state index is 0.341. The molecule has 1 aliphatic rings. The highest BCUT2D eigenvalue weighted by molar-refractivity contribution is 7.16. The molecular weight excluding hydrogens is 427 g/mol. The van der Waals surface area contributed by atoms with Crippen LogP contribution in [0.5, 0.6) is 0 Å². The van der Waals surface area contributed by atoms with Crippen LogP contribution in [-0.4, -0.2) is 45.3 Å². The van der Waals surface area contributed by atoms with E-state index in [1.54, 1.807) is 13.1 Å². The van der Waals surface area contributed by atoms with Gasteiger partial charge in [-0.1, -0.05) is 42.5 Å². The number of nitrogens with two attached hydrogens (primary N) is 1. The van der Waals surface area contributed by atoms with Gasteiger partial charge in [0.1, 0.15) is 0 Å². The second-order valence-corrected chi connectivity index (χ2v) is 8.17. The van der Waals surface area contributed by atoms with Crippen molar-refractivity contribution in [2.24, 2.45) is 5.84 Å². The molecule has 170 valence electrons. The molecule has 9 heteroatoms. The summed E-state index contributed by atoms with van der Waals surface area (Å²) in [5, 5.41) is 24.7. The van der Waals surface area contributed by atoms with Gasteiger partial charge < -0.3 is 20.4 Å². The van der Waals surface area contributed by atoms with Gasteiger partial charge in [0.15, 0.2) is 12.2 Å². The van der Waals surface area contributed by atoms with E-state index in [1.165, 1.54) is 9.91 Å². The molecular formula is C23H29N4O4P. The van der Waals surface area contributed by atoms with Crippen LogP contribution in [0, 0.1) is 0 Å². The molecule has 0 bridgehead atoms. The summed E-state index contributed by atoms with van der Waals surface area (Å²) < 4.78 is 0. The Kier molecular flexibility index (Phi) is 7.99. The standard InChI is InChI=1S/C23H29N4O4P/c1-15(16-7-9-19(10-8-16)27(24)11-4-12-32)25-22(30)20(28)21(29)23(31)26-13-17-5-2-3-6-18(17)14-26/h2-11,15,20-21,28-29H,12-14,24,32H2,1H3,(H,25,30)/b11-4-/t15-,20-,21-/m1/s1. The molecule has 1 aliphatic heterocycles. The number of carbonyl (C=O) groups is 2. The van der Waals surface area contributed by atoms with Crippen molar-refractivity contribution in [2.75, 3.05) is 11.2 Å². The Bertz CT molecular complexity index is 957. The molecule has 32 heavy (non-hydrogen) atoms. The predicted molar refractivity (Wildman–Crippen MR) is 126 cm³/mol. The number of aliphatic hydroxyl groups excluding tert-OH is 2. The second kappa shape index (κ2) is 10.7. The summed E-state index contributed by atoms with van der Waals surface area (Å²) in [7, 11) is 2.58. The van der Waals surface area contributed by atoms with E-state index in [0.29, 0.717) is 13.1 Å². The van der Waals surface area contributed by atoms with Gasteiger partial charge in [-0.3, -0.25) is 14.6 Å². The number of fused-ring (bicyclic) bond motifs is 1. The van der Waals surface area contributed by atoms with Crippen molar-refractivity contribution < 1.29 is 19.8 Å². The van der Waals surface area contributed by atoms with Crippen LogP contribution in [0.25, 0.3) is 0 Å². The van der Waals surface area contributed by atoms with Gasteiger partial charge in [0.05, 0.1) is 11.7 Å². The zero-order chi connectivity index (χ0) is 23.3. The van der Waals surface area contributed by atoms with E-state index in [1.807, 2.05) is 54.6 Å². The fourth-order valence-electron chi connectivity index (χ4n) is 3.53. The van der Waals surface area contributed by atoms with Gasteiger partial charge in [0.2, 0.25) is 0 Å². The number of benzene rings is 2. The molecule has 3 rings (SSSR count). The molecule has 5 N–H and O–H groups in total. The summed E-state index contributed by atoms with van der Waals surface area (Å²) in [6.45, 7) is 2.43. The van der Waals surface area contributed by atoms with Gasteiger partial charge in [0, 0.05) is 19.3 Å². The minimum atomic E-state index is -1.87. The third kappa shape index (κ3) is 5.53. The Labute approximate surface area is 189 Å². The number of aliphatic hydroxyl groups is 2. The molecule has 2 aromatic rings. The van der Waals surface area contributed by atoms with Crippen LogP contribution in [0.2, 0.25) is 0 Å². The zero-order valence-electron chi connectivity index (χ0n) is 17.9. The number of nitrogens with one attached hydrogen (secondary N) is 1. The highest BCUT2D eigenvalue weighted by Crippen LogP contribution is 2.23. The van der Waals surface area contributed by atoms with Crippen LogP contribution < -0.4 is 16.2 Å². The third-order valence-corrected chi connectivity index (χ3v) is 5.70. The molecule has 0 aromatic heterocycles. The Balaban J connectivity index is 1.56. The molecule has 1 unspecified atom stereocenters. The maximum absolute atomic E-state index is 12.6. The van der Waals surface area contributed by atoms with Crippen molar-refractivity contribution >= 4 is 26.7 Å². The first-order valence-electron chi connectivity index (χ1n) is 10.3. The van der Waals surface area contributed by atoms with Crippen molar-refractivity contribution in [3.8, 4) is 0 Å². The largest absolute Gasteiger partial charge is 0.380 e. The lowest BCUT2D eigenvalue weighted by atomic mass is 10.1. The number of carbonyl (C=O) groups excluding carboxylic acids is 2. The van der Waals surface area contributed by atoms with E-state index in [4.69, 9.17) is 5.84 Å². The number of rotatable bonds is 8. The molecule has 8 nitrogen and oxygen atoms in total. The summed E-state index contributed by atoms with van der Waals surface area (Å²) in [5.74, 6) is 4.44. The van der Waals surface area contributed by atoms with Crippen LogP contribution in [0.3, 0.4) is 0 Å². The average Bonchev–Trinajstić information content (AvgIpc) is 3.25. The molecule has 0 saturated carbocycles. The minimum Gasteiger partial charge on any atom is -0.380 e. The SMILES string of the molecule is C[C@@H](NC(=O)[C@H](O)[C@@H](O)C(=O)N1Cc2ccccc2C1)c1ccc(N(N)/C=C\CP)cc1. The van der Waals surface area contributed by atoms with Crippen LogP contribution in [0.1, 0.15) is 29.7 Å². The lowest BCUT2D eigenvalue weighted by molar-refractivity contribution is -0.153. The van der Waals surface area contributed by atoms with Gasteiger partial charge in [-0.25, -0.2) is 5.84 Å². The lowest BCUT2D eigenvalue weighted by Gasteiger charge is -2.24. The van der Waals surface area contributed by atoms with E-state index in [0.717, 1.165) is 28.5 Å². The normalized spacial score (nSPS) is 15.8. The smallest absolute Gasteiger partial charge is 0.255 e. The van der Waals surface area contributed by atoms with Crippen LogP contribution >= 0.6 is 9.24 Å². The van der Waals surface area contributed by atoms with Crippen molar-refractivity contribution in [3.05, 3.63) is 77.5 Å². The van der Waals surface area contributed by atoms with Gasteiger partial charge in [0.25, 0.3) is 11.8 Å². The molecule has 2 aromatic carbocycles. The predicted octanol–water partition coefficient (Wildman–Crippen LogP) is 1.20. The first kappa shape index (κ1) is 23.9. The maximum atomic E-state index is 12.6. The fourth-order valence-corrected chi connectivity index (χ4v) is 3.65. The number of anilines is 1. The third-order valence-electron chi connectivity index (χ3n) is 5.43. The summed E-state index contributed by atoms with van der Waals surface area (Å²) in [6, 6.07) is 14.4. The number of hydrogen-bond acceptors (Lipinski definition) is 6. The monoisotopic (exact) mass is 456 g/mol. The molecule has 2 amide bonds. The molecule has 0 spiro atoms. The van der Waals surface area contributed by atoms with Gasteiger partial charge in [-0.2, -0.15) is 0 Å². The highest BCUT2D eigenvalue weighted by Gasteiger charge is 2.35. The van der Waals surface area contributed by atoms with Crippen LogP contribution in [0.15, 0.2) is 60.8 Å². The Morgan fingerprint density at radius 3 is 2.28 bits per heavy atom. The second-order valence-electron chi connectivity index (χ2n) is 7.70. The summed E-state index contributed by atoms with van der Waals surface area (Å²) in [6.07, 6.45) is 0.727. The molecule has 0 aliphatic carbocycles. The Morgan fingerprint density at radius 2 is 1.72 bits per heavy atom. The van der Waals surface area contributed by atoms with E-state index in [-0.39, 0.29) is 0 Å². The molecule has 0 fully saturated rings. The highest BCUT2D eigenvalue weighted by atomic mass is 31.0. The van der Waals surface area contributed by atoms with Crippen molar-refractivity contribution in [1.82, 2.24) is 10.2 Å². The molecule has 0 saturated heterocycles. The quantitative estimate of drug-likeness (QED) is 0.269. The van der Waals surface area contributed by atoms with Crippen molar-refractivity contribution in [1.29, 1.82) is 0 Å². The Hall–Kier alpha value is -2.77. The topological polar surface area (TPSA) is 119 Å². The molecule has 4 atom stereocenters. The molecule has 0 radical (unpaired) electrons. The summed E-state index contributed by atoms with van der Waals surface area (Å²) in [5.41, 5.74) is 3.54. The lowest BCUT2D eigenvalue weighted by Crippen LogP contribution is -2.50. The number of nitrogens with zero attached hydrogens (tertiary/aromatic N) is 2.